The lowest BCUT2D eigenvalue weighted by molar-refractivity contribution is 0.0951. The first-order valence-electron chi connectivity index (χ1n) is 12.2. The first-order valence-corrected chi connectivity index (χ1v) is 13.6. The van der Waals surface area contributed by atoms with Gasteiger partial charge >= 0.3 is 0 Å². The van der Waals surface area contributed by atoms with E-state index in [2.05, 4.69) is 15.6 Å². The number of benzene rings is 2. The zero-order chi connectivity index (χ0) is 26.3. The van der Waals surface area contributed by atoms with Crippen LogP contribution in [0.3, 0.4) is 0 Å². The molecule has 0 aliphatic carbocycles. The summed E-state index contributed by atoms with van der Waals surface area (Å²) in [6, 6.07) is 14.5. The van der Waals surface area contributed by atoms with Gasteiger partial charge in [0.1, 0.15) is 5.75 Å². The number of carbonyl (C=O) groups excluding carboxylic acids is 2. The Labute approximate surface area is 216 Å². The van der Waals surface area contributed by atoms with Crippen molar-refractivity contribution in [1.82, 2.24) is 14.6 Å². The first kappa shape index (κ1) is 26.3. The highest BCUT2D eigenvalue weighted by molar-refractivity contribution is 7.89. The third-order valence-electron chi connectivity index (χ3n) is 6.21. The van der Waals surface area contributed by atoms with E-state index < -0.39 is 15.9 Å². The minimum Gasteiger partial charge on any atom is -0.496 e. The summed E-state index contributed by atoms with van der Waals surface area (Å²) in [6.45, 7) is 1.19. The summed E-state index contributed by atoms with van der Waals surface area (Å²) in [7, 11) is -2.35. The van der Waals surface area contributed by atoms with Crippen molar-refractivity contribution in [3.05, 3.63) is 83.7 Å². The molecule has 0 spiro atoms. The van der Waals surface area contributed by atoms with E-state index in [9.17, 15) is 18.0 Å². The lowest BCUT2D eigenvalue weighted by Crippen LogP contribution is -2.32. The minimum absolute atomic E-state index is 0.0304. The molecule has 1 saturated heterocycles. The number of sulfonamides is 1. The quantitative estimate of drug-likeness (QED) is 0.464. The number of nitrogens with one attached hydrogen (secondary N) is 2. The van der Waals surface area contributed by atoms with Crippen molar-refractivity contribution < 1.29 is 22.7 Å². The molecule has 1 aromatic heterocycles. The van der Waals surface area contributed by atoms with Crippen molar-refractivity contribution >= 4 is 27.5 Å². The fourth-order valence-electron chi connectivity index (χ4n) is 4.22. The smallest absolute Gasteiger partial charge is 0.259 e. The van der Waals surface area contributed by atoms with E-state index in [1.165, 1.54) is 29.6 Å². The second kappa shape index (κ2) is 12.0. The normalized spacial score (nSPS) is 14.4. The molecule has 1 aliphatic rings. The van der Waals surface area contributed by atoms with Crippen LogP contribution < -0.4 is 15.4 Å². The van der Waals surface area contributed by atoms with E-state index in [1.54, 1.807) is 42.7 Å². The molecule has 1 aliphatic heterocycles. The molecule has 2 heterocycles. The highest BCUT2D eigenvalue weighted by atomic mass is 32.2. The SMILES string of the molecule is COc1ccc(S(=O)(=O)N2CCCCCC2)cc1C(=O)Nc1ccccc1C(=O)NCc1cccnc1. The molecule has 2 amide bonds. The van der Waals surface area contributed by atoms with Crippen LogP contribution >= 0.6 is 0 Å². The number of hydrogen-bond donors (Lipinski definition) is 2. The third kappa shape index (κ3) is 6.33. The van der Waals surface area contributed by atoms with Gasteiger partial charge in [-0.05, 0) is 54.8 Å². The van der Waals surface area contributed by atoms with Gasteiger partial charge in [-0.2, -0.15) is 4.31 Å². The molecular weight excluding hydrogens is 492 g/mol. The van der Waals surface area contributed by atoms with Gasteiger partial charge in [0.15, 0.2) is 0 Å². The lowest BCUT2D eigenvalue weighted by Gasteiger charge is -2.21. The Morgan fingerprint density at radius 3 is 2.41 bits per heavy atom. The summed E-state index contributed by atoms with van der Waals surface area (Å²) in [5.41, 5.74) is 1.46. The monoisotopic (exact) mass is 522 g/mol. The number of para-hydroxylation sites is 1. The number of anilines is 1. The lowest BCUT2D eigenvalue weighted by atomic mass is 10.1. The van der Waals surface area contributed by atoms with Crippen LogP contribution in [0.25, 0.3) is 0 Å². The van der Waals surface area contributed by atoms with Crippen LogP contribution in [0.2, 0.25) is 0 Å². The van der Waals surface area contributed by atoms with Gasteiger partial charge < -0.3 is 15.4 Å². The fourth-order valence-corrected chi connectivity index (χ4v) is 5.76. The first-order chi connectivity index (χ1) is 17.9. The zero-order valence-electron chi connectivity index (χ0n) is 20.6. The average Bonchev–Trinajstić information content (AvgIpc) is 3.22. The van der Waals surface area contributed by atoms with Gasteiger partial charge in [0, 0.05) is 32.0 Å². The van der Waals surface area contributed by atoms with Gasteiger partial charge in [0.2, 0.25) is 10.0 Å². The topological polar surface area (TPSA) is 118 Å². The van der Waals surface area contributed by atoms with E-state index in [4.69, 9.17) is 4.74 Å². The molecule has 194 valence electrons. The molecule has 10 heteroatoms. The van der Waals surface area contributed by atoms with Crippen molar-refractivity contribution in [2.24, 2.45) is 0 Å². The van der Waals surface area contributed by atoms with Gasteiger partial charge in [-0.25, -0.2) is 8.42 Å². The van der Waals surface area contributed by atoms with Gasteiger partial charge in [0.25, 0.3) is 11.8 Å². The predicted molar refractivity (Wildman–Crippen MR) is 140 cm³/mol. The van der Waals surface area contributed by atoms with Crippen LogP contribution in [-0.2, 0) is 16.6 Å². The number of hydrogen-bond acceptors (Lipinski definition) is 6. The van der Waals surface area contributed by atoms with Crippen LogP contribution in [0.1, 0.15) is 52.0 Å². The predicted octanol–water partition coefficient (Wildman–Crippen LogP) is 3.84. The maximum absolute atomic E-state index is 13.3. The van der Waals surface area contributed by atoms with Gasteiger partial charge in [-0.3, -0.25) is 14.6 Å². The Morgan fingerprint density at radius 1 is 0.946 bits per heavy atom. The average molecular weight is 523 g/mol. The molecule has 4 rings (SSSR count). The molecule has 1 fully saturated rings. The van der Waals surface area contributed by atoms with Crippen molar-refractivity contribution in [1.29, 1.82) is 0 Å². The van der Waals surface area contributed by atoms with Crippen molar-refractivity contribution in [3.63, 3.8) is 0 Å². The summed E-state index contributed by atoms with van der Waals surface area (Å²) >= 11 is 0. The van der Waals surface area contributed by atoms with Crippen LogP contribution in [0.15, 0.2) is 71.9 Å². The van der Waals surface area contributed by atoms with Crippen LogP contribution in [0, 0.1) is 0 Å². The van der Waals surface area contributed by atoms with Gasteiger partial charge in [0.05, 0.1) is 28.8 Å². The largest absolute Gasteiger partial charge is 0.496 e. The molecular formula is C27H30N4O5S. The zero-order valence-corrected chi connectivity index (χ0v) is 21.5. The number of pyridine rings is 1. The van der Waals surface area contributed by atoms with Crippen molar-refractivity contribution in [2.45, 2.75) is 37.1 Å². The number of carbonyl (C=O) groups is 2. The summed E-state index contributed by atoms with van der Waals surface area (Å²) in [5, 5.41) is 5.57. The number of ether oxygens (including phenoxy) is 1. The van der Waals surface area contributed by atoms with Crippen molar-refractivity contribution in [3.8, 4) is 5.75 Å². The number of aromatic nitrogens is 1. The number of rotatable bonds is 8. The van der Waals surface area contributed by atoms with E-state index in [0.717, 1.165) is 31.2 Å². The number of methoxy groups -OCH3 is 1. The minimum atomic E-state index is -3.77. The molecule has 0 bridgehead atoms. The van der Waals surface area contributed by atoms with E-state index >= 15 is 0 Å². The summed E-state index contributed by atoms with van der Waals surface area (Å²) in [6.07, 6.45) is 6.92. The highest BCUT2D eigenvalue weighted by Crippen LogP contribution is 2.27. The number of nitrogens with zero attached hydrogens (tertiary/aromatic N) is 2. The summed E-state index contributed by atoms with van der Waals surface area (Å²) < 4.78 is 33.4. The maximum Gasteiger partial charge on any atom is 0.259 e. The van der Waals surface area contributed by atoms with Crippen LogP contribution in [-0.4, -0.2) is 49.7 Å². The Kier molecular flexibility index (Phi) is 8.52. The Balaban J connectivity index is 1.56. The number of amides is 2. The molecule has 0 saturated carbocycles. The standard InChI is InChI=1S/C27H30N4O5S/c1-36-25-13-12-21(37(34,35)31-15-6-2-3-7-16-31)17-23(25)27(33)30-24-11-5-4-10-22(24)26(32)29-19-20-9-8-14-28-18-20/h4-5,8-14,17-18H,2-3,6-7,15-16,19H2,1H3,(H,29,32)(H,30,33). The molecule has 3 aromatic rings. The summed E-state index contributed by atoms with van der Waals surface area (Å²) in [5.74, 6) is -0.729. The molecule has 37 heavy (non-hydrogen) atoms. The molecule has 0 unspecified atom stereocenters. The summed E-state index contributed by atoms with van der Waals surface area (Å²) in [4.78, 5) is 30.3. The Hall–Kier alpha value is -3.76. The van der Waals surface area contributed by atoms with E-state index in [1.807, 2.05) is 6.07 Å². The van der Waals surface area contributed by atoms with Crippen molar-refractivity contribution in [2.75, 3.05) is 25.5 Å². The molecule has 9 nitrogen and oxygen atoms in total. The molecule has 2 N–H and O–H groups in total. The molecule has 0 radical (unpaired) electrons. The second-order valence-corrected chi connectivity index (χ2v) is 10.7. The maximum atomic E-state index is 13.3. The molecule has 2 aromatic carbocycles. The highest BCUT2D eigenvalue weighted by Gasteiger charge is 2.27. The fraction of sp³-hybridized carbons (Fsp3) is 0.296. The van der Waals surface area contributed by atoms with Gasteiger partial charge in [-0.15, -0.1) is 0 Å². The Morgan fingerprint density at radius 2 is 1.70 bits per heavy atom. The van der Waals surface area contributed by atoms with Crippen LogP contribution in [0.4, 0.5) is 5.69 Å². The Bertz CT molecular complexity index is 1350. The van der Waals surface area contributed by atoms with Gasteiger partial charge in [-0.1, -0.05) is 31.0 Å². The molecule has 0 atom stereocenters. The third-order valence-corrected chi connectivity index (χ3v) is 8.11. The van der Waals surface area contributed by atoms with E-state index in [-0.39, 0.29) is 34.2 Å². The van der Waals surface area contributed by atoms with Crippen LogP contribution in [0.5, 0.6) is 5.75 Å². The second-order valence-electron chi connectivity index (χ2n) is 8.72. The van der Waals surface area contributed by atoms with E-state index in [0.29, 0.717) is 18.8 Å².